The van der Waals surface area contributed by atoms with E-state index in [9.17, 15) is 4.79 Å². The van der Waals surface area contributed by atoms with Gasteiger partial charge in [0, 0.05) is 19.2 Å². The average molecular weight is 218 g/mol. The van der Waals surface area contributed by atoms with E-state index in [2.05, 4.69) is 5.32 Å². The zero-order chi connectivity index (χ0) is 11.7. The molecule has 0 aromatic carbocycles. The van der Waals surface area contributed by atoms with E-state index in [4.69, 9.17) is 15.6 Å². The molecule has 0 aliphatic heterocycles. The van der Waals surface area contributed by atoms with Gasteiger partial charge in [0.2, 0.25) is 5.91 Å². The molecule has 0 fully saturated rings. The van der Waals surface area contributed by atoms with Gasteiger partial charge < -0.3 is 20.9 Å². The highest BCUT2D eigenvalue weighted by Gasteiger charge is 2.15. The van der Waals surface area contributed by atoms with Gasteiger partial charge in [0.15, 0.2) is 0 Å². The molecule has 0 radical (unpaired) electrons. The van der Waals surface area contributed by atoms with Crippen LogP contribution in [0.15, 0.2) is 0 Å². The number of aliphatic hydroxyl groups is 1. The molecule has 90 valence electrons. The van der Waals surface area contributed by atoms with Crippen molar-refractivity contribution in [3.8, 4) is 0 Å². The highest BCUT2D eigenvalue weighted by atomic mass is 16.5. The fraction of sp³-hybridized carbons (Fsp3) is 0.900. The lowest BCUT2D eigenvalue weighted by molar-refractivity contribution is -0.126. The smallest absolute Gasteiger partial charge is 0.246 e. The molecule has 0 spiro atoms. The minimum absolute atomic E-state index is 0.00368. The van der Waals surface area contributed by atoms with Crippen molar-refractivity contribution >= 4 is 5.91 Å². The Kier molecular flexibility index (Phi) is 8.27. The van der Waals surface area contributed by atoms with Crippen LogP contribution in [0.25, 0.3) is 0 Å². The molecule has 0 heterocycles. The maximum atomic E-state index is 11.3. The first kappa shape index (κ1) is 14.3. The van der Waals surface area contributed by atoms with Crippen LogP contribution < -0.4 is 11.1 Å². The van der Waals surface area contributed by atoms with Crippen LogP contribution in [-0.4, -0.2) is 43.4 Å². The Morgan fingerprint density at radius 3 is 2.67 bits per heavy atom. The molecular formula is C10H22N2O3. The van der Waals surface area contributed by atoms with E-state index >= 15 is 0 Å². The third kappa shape index (κ3) is 7.30. The number of nitrogens with one attached hydrogen (secondary N) is 1. The average Bonchev–Trinajstić information content (AvgIpc) is 2.17. The van der Waals surface area contributed by atoms with E-state index in [0.29, 0.717) is 25.5 Å². The van der Waals surface area contributed by atoms with Crippen molar-refractivity contribution in [1.29, 1.82) is 0 Å². The summed E-state index contributed by atoms with van der Waals surface area (Å²) in [5, 5.41) is 11.6. The van der Waals surface area contributed by atoms with E-state index in [1.165, 1.54) is 0 Å². The van der Waals surface area contributed by atoms with Gasteiger partial charge >= 0.3 is 0 Å². The van der Waals surface area contributed by atoms with Crippen LogP contribution in [0.1, 0.15) is 20.3 Å². The van der Waals surface area contributed by atoms with Crippen LogP contribution in [0, 0.1) is 5.92 Å². The van der Waals surface area contributed by atoms with Gasteiger partial charge in [0.25, 0.3) is 0 Å². The highest BCUT2D eigenvalue weighted by Crippen LogP contribution is 2.05. The summed E-state index contributed by atoms with van der Waals surface area (Å²) in [7, 11) is 0. The van der Waals surface area contributed by atoms with Gasteiger partial charge in [-0.15, -0.1) is 0 Å². The van der Waals surface area contributed by atoms with Gasteiger partial charge in [-0.3, -0.25) is 4.79 Å². The number of amides is 1. The number of carbonyl (C=O) groups excluding carboxylic acids is 1. The molecule has 5 nitrogen and oxygen atoms in total. The predicted octanol–water partition coefficient (Wildman–Crippen LogP) is -0.515. The topological polar surface area (TPSA) is 84.6 Å². The van der Waals surface area contributed by atoms with E-state index < -0.39 is 0 Å². The summed E-state index contributed by atoms with van der Waals surface area (Å²) >= 11 is 0. The molecule has 0 saturated carbocycles. The first-order valence-electron chi connectivity index (χ1n) is 5.29. The molecule has 15 heavy (non-hydrogen) atoms. The molecular weight excluding hydrogens is 196 g/mol. The number of carbonyl (C=O) groups is 1. The van der Waals surface area contributed by atoms with Crippen LogP contribution >= 0.6 is 0 Å². The van der Waals surface area contributed by atoms with Gasteiger partial charge in [-0.25, -0.2) is 0 Å². The SMILES string of the molecule is CC(C)C(CCO)NC(=O)COCCN. The summed E-state index contributed by atoms with van der Waals surface area (Å²) in [4.78, 5) is 11.3. The monoisotopic (exact) mass is 218 g/mol. The summed E-state index contributed by atoms with van der Waals surface area (Å²) in [6, 6.07) is 0.00368. The number of ether oxygens (including phenoxy) is 1. The maximum absolute atomic E-state index is 11.3. The first-order valence-corrected chi connectivity index (χ1v) is 5.29. The Morgan fingerprint density at radius 2 is 2.20 bits per heavy atom. The zero-order valence-electron chi connectivity index (χ0n) is 9.53. The Balaban J connectivity index is 3.78. The molecule has 4 N–H and O–H groups in total. The lowest BCUT2D eigenvalue weighted by Crippen LogP contribution is -2.41. The lowest BCUT2D eigenvalue weighted by Gasteiger charge is -2.21. The Labute approximate surface area is 91.0 Å². The van der Waals surface area contributed by atoms with Crippen molar-refractivity contribution in [3.05, 3.63) is 0 Å². The van der Waals surface area contributed by atoms with Gasteiger partial charge in [-0.1, -0.05) is 13.8 Å². The van der Waals surface area contributed by atoms with Crippen molar-refractivity contribution in [2.45, 2.75) is 26.3 Å². The Hall–Kier alpha value is -0.650. The standard InChI is InChI=1S/C10H22N2O3/c1-8(2)9(3-5-13)12-10(14)7-15-6-4-11/h8-9,13H,3-7,11H2,1-2H3,(H,12,14). The van der Waals surface area contributed by atoms with E-state index in [0.717, 1.165) is 0 Å². The fourth-order valence-corrected chi connectivity index (χ4v) is 1.21. The van der Waals surface area contributed by atoms with Crippen molar-refractivity contribution in [1.82, 2.24) is 5.32 Å². The molecule has 0 rings (SSSR count). The largest absolute Gasteiger partial charge is 0.396 e. The summed E-state index contributed by atoms with van der Waals surface area (Å²) in [5.41, 5.74) is 5.22. The second-order valence-corrected chi connectivity index (χ2v) is 3.77. The summed E-state index contributed by atoms with van der Waals surface area (Å²) in [6.07, 6.45) is 0.570. The minimum atomic E-state index is -0.157. The quantitative estimate of drug-likeness (QED) is 0.479. The summed E-state index contributed by atoms with van der Waals surface area (Å²) in [6.45, 7) is 4.92. The second-order valence-electron chi connectivity index (χ2n) is 3.77. The van der Waals surface area contributed by atoms with Gasteiger partial charge in [0.05, 0.1) is 6.61 Å². The third-order valence-corrected chi connectivity index (χ3v) is 2.09. The van der Waals surface area contributed by atoms with E-state index in [1.54, 1.807) is 0 Å². The molecule has 0 aliphatic rings. The molecule has 5 heteroatoms. The van der Waals surface area contributed by atoms with Crippen molar-refractivity contribution in [2.24, 2.45) is 11.7 Å². The number of hydrogen-bond donors (Lipinski definition) is 3. The fourth-order valence-electron chi connectivity index (χ4n) is 1.21. The van der Waals surface area contributed by atoms with E-state index in [-0.39, 0.29) is 25.2 Å². The molecule has 0 aromatic heterocycles. The maximum Gasteiger partial charge on any atom is 0.246 e. The molecule has 1 atom stereocenters. The number of rotatable bonds is 8. The van der Waals surface area contributed by atoms with Gasteiger partial charge in [-0.2, -0.15) is 0 Å². The zero-order valence-corrected chi connectivity index (χ0v) is 9.53. The normalized spacial score (nSPS) is 12.9. The minimum Gasteiger partial charge on any atom is -0.396 e. The predicted molar refractivity (Wildman–Crippen MR) is 58.3 cm³/mol. The van der Waals surface area contributed by atoms with Crippen LogP contribution in [0.5, 0.6) is 0 Å². The number of nitrogens with two attached hydrogens (primary N) is 1. The third-order valence-electron chi connectivity index (χ3n) is 2.09. The van der Waals surface area contributed by atoms with Crippen LogP contribution in [0.2, 0.25) is 0 Å². The van der Waals surface area contributed by atoms with Crippen molar-refractivity contribution < 1.29 is 14.6 Å². The molecule has 0 aliphatic carbocycles. The summed E-state index contributed by atoms with van der Waals surface area (Å²) < 4.78 is 5.00. The molecule has 0 bridgehead atoms. The Morgan fingerprint density at radius 1 is 1.53 bits per heavy atom. The van der Waals surface area contributed by atoms with Crippen LogP contribution in [0.4, 0.5) is 0 Å². The van der Waals surface area contributed by atoms with Crippen molar-refractivity contribution in [2.75, 3.05) is 26.4 Å². The van der Waals surface area contributed by atoms with Crippen molar-refractivity contribution in [3.63, 3.8) is 0 Å². The van der Waals surface area contributed by atoms with Crippen LogP contribution in [-0.2, 0) is 9.53 Å². The number of aliphatic hydroxyl groups excluding tert-OH is 1. The van der Waals surface area contributed by atoms with Crippen LogP contribution in [0.3, 0.4) is 0 Å². The number of hydrogen-bond acceptors (Lipinski definition) is 4. The second kappa shape index (κ2) is 8.64. The summed E-state index contributed by atoms with van der Waals surface area (Å²) in [5.74, 6) is 0.145. The Bertz CT molecular complexity index is 174. The lowest BCUT2D eigenvalue weighted by atomic mass is 10.0. The molecule has 1 amide bonds. The molecule has 0 saturated heterocycles. The first-order chi connectivity index (χ1) is 7.11. The molecule has 1 unspecified atom stereocenters. The van der Waals surface area contributed by atoms with Gasteiger partial charge in [0.1, 0.15) is 6.61 Å². The van der Waals surface area contributed by atoms with E-state index in [1.807, 2.05) is 13.8 Å². The van der Waals surface area contributed by atoms with Gasteiger partial charge in [-0.05, 0) is 12.3 Å². The molecule has 0 aromatic rings. The highest BCUT2D eigenvalue weighted by molar-refractivity contribution is 5.77.